The van der Waals surface area contributed by atoms with Crippen LogP contribution in [0.1, 0.15) is 6.42 Å². The van der Waals surface area contributed by atoms with E-state index in [4.69, 9.17) is 11.5 Å². The molecule has 0 unspecified atom stereocenters. The lowest BCUT2D eigenvalue weighted by atomic mass is 10.4. The molecule has 0 spiro atoms. The van der Waals surface area contributed by atoms with E-state index in [-0.39, 0.29) is 5.96 Å². The third-order valence-electron chi connectivity index (χ3n) is 1.27. The first-order chi connectivity index (χ1) is 5.66. The Hall–Kier alpha value is -1.39. The number of aliphatic imine (C=N–C) groups is 1. The van der Waals surface area contributed by atoms with Crippen LogP contribution < -0.4 is 22.1 Å². The third kappa shape index (κ3) is 6.73. The molecule has 0 bridgehead atoms. The molecule has 0 aliphatic rings. The van der Waals surface area contributed by atoms with Gasteiger partial charge in [0, 0.05) is 20.1 Å². The van der Waals surface area contributed by atoms with Gasteiger partial charge in [0.05, 0.1) is 5.82 Å². The highest BCUT2D eigenvalue weighted by Gasteiger charge is 1.87. The molecule has 5 heteroatoms. The van der Waals surface area contributed by atoms with Crippen LogP contribution in [-0.2, 0) is 0 Å². The number of rotatable bonds is 6. The number of hydrogen-bond donors (Lipinski definition) is 4. The first-order valence-electron chi connectivity index (χ1n) is 3.82. The zero-order chi connectivity index (χ0) is 9.40. The van der Waals surface area contributed by atoms with Gasteiger partial charge >= 0.3 is 0 Å². The fourth-order valence-electron chi connectivity index (χ4n) is 0.615. The lowest BCUT2D eigenvalue weighted by Gasteiger charge is -2.06. The van der Waals surface area contributed by atoms with Gasteiger partial charge in [-0.3, -0.25) is 4.99 Å². The highest BCUT2D eigenvalue weighted by atomic mass is 15.1. The standard InChI is InChI=1S/C7H17N5/c1-6(10-2)11-4-3-5-12-7(8)9/h10-11H,1,3-5H2,2H3,(H4,8,9,12). The smallest absolute Gasteiger partial charge is 0.185 e. The highest BCUT2D eigenvalue weighted by Crippen LogP contribution is 1.80. The van der Waals surface area contributed by atoms with Gasteiger partial charge in [-0.25, -0.2) is 0 Å². The zero-order valence-electron chi connectivity index (χ0n) is 7.43. The summed E-state index contributed by atoms with van der Waals surface area (Å²) < 4.78 is 0. The van der Waals surface area contributed by atoms with Crippen LogP contribution in [0.2, 0.25) is 0 Å². The number of nitrogens with two attached hydrogens (primary N) is 2. The van der Waals surface area contributed by atoms with Crippen molar-refractivity contribution in [1.82, 2.24) is 10.6 Å². The molecule has 6 N–H and O–H groups in total. The molecule has 0 saturated carbocycles. The molecule has 0 aromatic carbocycles. The lowest BCUT2D eigenvalue weighted by Crippen LogP contribution is -2.25. The van der Waals surface area contributed by atoms with Crippen molar-refractivity contribution in [2.24, 2.45) is 16.5 Å². The first-order valence-corrected chi connectivity index (χ1v) is 3.82. The van der Waals surface area contributed by atoms with Gasteiger partial charge in [0.15, 0.2) is 5.96 Å². The Kier molecular flexibility index (Phi) is 5.60. The molecule has 0 radical (unpaired) electrons. The number of guanidine groups is 1. The van der Waals surface area contributed by atoms with E-state index >= 15 is 0 Å². The van der Waals surface area contributed by atoms with Crippen LogP contribution in [0.25, 0.3) is 0 Å². The summed E-state index contributed by atoms with van der Waals surface area (Å²) in [6.45, 7) is 5.16. The fraction of sp³-hybridized carbons (Fsp3) is 0.571. The van der Waals surface area contributed by atoms with E-state index < -0.39 is 0 Å². The average Bonchev–Trinajstić information content (AvgIpc) is 2.03. The summed E-state index contributed by atoms with van der Waals surface area (Å²) in [6, 6.07) is 0. The van der Waals surface area contributed by atoms with Gasteiger partial charge in [-0.15, -0.1) is 0 Å². The fourth-order valence-corrected chi connectivity index (χ4v) is 0.615. The SMILES string of the molecule is C=C(NC)NCCCN=C(N)N. The summed E-state index contributed by atoms with van der Waals surface area (Å²) in [4.78, 5) is 3.83. The molecule has 12 heavy (non-hydrogen) atoms. The summed E-state index contributed by atoms with van der Waals surface area (Å²) in [5.74, 6) is 0.946. The Balaban J connectivity index is 3.22. The van der Waals surface area contributed by atoms with E-state index in [9.17, 15) is 0 Å². The van der Waals surface area contributed by atoms with Crippen LogP contribution in [0.4, 0.5) is 0 Å². The molecule has 0 aliphatic heterocycles. The van der Waals surface area contributed by atoms with E-state index in [0.717, 1.165) is 18.8 Å². The van der Waals surface area contributed by atoms with Crippen LogP contribution in [-0.4, -0.2) is 26.1 Å². The van der Waals surface area contributed by atoms with E-state index in [0.29, 0.717) is 6.54 Å². The number of hydrogen-bond acceptors (Lipinski definition) is 3. The van der Waals surface area contributed by atoms with E-state index in [1.807, 2.05) is 7.05 Å². The Labute approximate surface area is 72.9 Å². The molecule has 0 aromatic heterocycles. The molecule has 0 aliphatic carbocycles. The zero-order valence-corrected chi connectivity index (χ0v) is 7.43. The molecule has 5 nitrogen and oxygen atoms in total. The van der Waals surface area contributed by atoms with Gasteiger partial charge in [0.25, 0.3) is 0 Å². The van der Waals surface area contributed by atoms with Crippen LogP contribution in [0, 0.1) is 0 Å². The highest BCUT2D eigenvalue weighted by molar-refractivity contribution is 5.75. The van der Waals surface area contributed by atoms with E-state index in [1.54, 1.807) is 0 Å². The second kappa shape index (κ2) is 6.33. The quantitative estimate of drug-likeness (QED) is 0.233. The van der Waals surface area contributed by atoms with E-state index in [2.05, 4.69) is 22.2 Å². The predicted molar refractivity (Wildman–Crippen MR) is 51.5 cm³/mol. The van der Waals surface area contributed by atoms with Crippen molar-refractivity contribution in [2.75, 3.05) is 20.1 Å². The van der Waals surface area contributed by atoms with Crippen molar-refractivity contribution in [3.8, 4) is 0 Å². The summed E-state index contributed by atoms with van der Waals surface area (Å²) in [6.07, 6.45) is 0.888. The Morgan fingerprint density at radius 3 is 2.67 bits per heavy atom. The summed E-state index contributed by atoms with van der Waals surface area (Å²) in [5.41, 5.74) is 10.3. The number of nitrogens with zero attached hydrogens (tertiary/aromatic N) is 1. The minimum absolute atomic E-state index is 0.141. The molecule has 0 rings (SSSR count). The second-order valence-electron chi connectivity index (χ2n) is 2.32. The maximum atomic E-state index is 5.14. The normalized spacial score (nSPS) is 8.75. The molecule has 0 aromatic rings. The van der Waals surface area contributed by atoms with E-state index in [1.165, 1.54) is 0 Å². The lowest BCUT2D eigenvalue weighted by molar-refractivity contribution is 0.695. The third-order valence-corrected chi connectivity index (χ3v) is 1.27. The molecular formula is C7H17N5. The molecular weight excluding hydrogens is 154 g/mol. The Morgan fingerprint density at radius 1 is 1.50 bits per heavy atom. The van der Waals surface area contributed by atoms with Gasteiger partial charge in [-0.1, -0.05) is 6.58 Å². The molecule has 0 amide bonds. The van der Waals surface area contributed by atoms with Crippen molar-refractivity contribution in [3.63, 3.8) is 0 Å². The van der Waals surface area contributed by atoms with Crippen molar-refractivity contribution in [1.29, 1.82) is 0 Å². The van der Waals surface area contributed by atoms with Gasteiger partial charge in [0.1, 0.15) is 0 Å². The summed E-state index contributed by atoms with van der Waals surface area (Å²) in [7, 11) is 1.81. The van der Waals surface area contributed by atoms with Gasteiger partial charge in [-0.2, -0.15) is 0 Å². The minimum atomic E-state index is 0.141. The Morgan fingerprint density at radius 2 is 2.17 bits per heavy atom. The monoisotopic (exact) mass is 171 g/mol. The van der Waals surface area contributed by atoms with Gasteiger partial charge in [-0.05, 0) is 6.42 Å². The maximum absolute atomic E-state index is 5.14. The van der Waals surface area contributed by atoms with Crippen molar-refractivity contribution in [2.45, 2.75) is 6.42 Å². The molecule has 0 heterocycles. The average molecular weight is 171 g/mol. The summed E-state index contributed by atoms with van der Waals surface area (Å²) in [5, 5.41) is 5.92. The van der Waals surface area contributed by atoms with Gasteiger partial charge < -0.3 is 22.1 Å². The van der Waals surface area contributed by atoms with Crippen LogP contribution >= 0.6 is 0 Å². The van der Waals surface area contributed by atoms with Crippen LogP contribution in [0.5, 0.6) is 0 Å². The number of nitrogens with one attached hydrogen (secondary N) is 2. The molecule has 0 saturated heterocycles. The van der Waals surface area contributed by atoms with Crippen molar-refractivity contribution < 1.29 is 0 Å². The van der Waals surface area contributed by atoms with Crippen molar-refractivity contribution in [3.05, 3.63) is 12.4 Å². The molecule has 0 atom stereocenters. The summed E-state index contributed by atoms with van der Waals surface area (Å²) >= 11 is 0. The first kappa shape index (κ1) is 10.6. The molecule has 0 fully saturated rings. The minimum Gasteiger partial charge on any atom is -0.375 e. The van der Waals surface area contributed by atoms with Crippen LogP contribution in [0.3, 0.4) is 0 Å². The topological polar surface area (TPSA) is 88.5 Å². The maximum Gasteiger partial charge on any atom is 0.185 e. The van der Waals surface area contributed by atoms with Crippen LogP contribution in [0.15, 0.2) is 17.4 Å². The second-order valence-corrected chi connectivity index (χ2v) is 2.32. The Bertz CT molecular complexity index is 159. The largest absolute Gasteiger partial charge is 0.375 e. The molecule has 70 valence electrons. The van der Waals surface area contributed by atoms with Gasteiger partial charge in [0.2, 0.25) is 0 Å². The van der Waals surface area contributed by atoms with Crippen molar-refractivity contribution >= 4 is 5.96 Å². The predicted octanol–water partition coefficient (Wildman–Crippen LogP) is -1.07.